The van der Waals surface area contributed by atoms with Crippen LogP contribution in [0.5, 0.6) is 0 Å². The molecule has 23 nitrogen and oxygen atoms in total. The number of hydrogen-bond acceptors (Lipinski definition) is 12. The summed E-state index contributed by atoms with van der Waals surface area (Å²) in [7, 11) is 0. The minimum atomic E-state index is -1.34. The highest BCUT2D eigenvalue weighted by molar-refractivity contribution is 5.98. The molecule has 2 aromatic heterocycles. The van der Waals surface area contributed by atoms with E-state index < -0.39 is 119 Å². The topological polar surface area (TPSA) is 334 Å². The number of nitrogens with one attached hydrogen (secondary N) is 9. The lowest BCUT2D eigenvalue weighted by Crippen LogP contribution is -2.62. The molecule has 9 amide bonds. The number of benzene rings is 1. The first-order chi connectivity index (χ1) is 35.8. The number of hydrogen-bond donors (Lipinski definition) is 10. The van der Waals surface area contributed by atoms with E-state index in [0.29, 0.717) is 29.8 Å². The normalized spacial score (nSPS) is 16.8. The van der Waals surface area contributed by atoms with E-state index >= 15 is 0 Å². The van der Waals surface area contributed by atoms with Crippen molar-refractivity contribution in [2.45, 2.75) is 175 Å². The average Bonchev–Trinajstić information content (AvgIpc) is 4.17. The van der Waals surface area contributed by atoms with Gasteiger partial charge in [-0.05, 0) is 69.3 Å². The number of amides is 9. The van der Waals surface area contributed by atoms with Crippen molar-refractivity contribution in [3.63, 3.8) is 0 Å². The highest BCUT2D eigenvalue weighted by Gasteiger charge is 2.41. The van der Waals surface area contributed by atoms with Crippen LogP contribution >= 0.6 is 0 Å². The highest BCUT2D eigenvalue weighted by atomic mass is 16.6. The van der Waals surface area contributed by atoms with Crippen molar-refractivity contribution in [1.29, 1.82) is 0 Å². The number of aromatic nitrogens is 4. The molecule has 0 radical (unpaired) electrons. The molecule has 9 atom stereocenters. The Labute approximate surface area is 445 Å². The van der Waals surface area contributed by atoms with Crippen molar-refractivity contribution in [1.82, 2.24) is 62.1 Å². The van der Waals surface area contributed by atoms with Gasteiger partial charge in [-0.15, -0.1) is 0 Å². The van der Waals surface area contributed by atoms with E-state index in [4.69, 9.17) is 10.5 Å². The van der Waals surface area contributed by atoms with Crippen LogP contribution in [0.3, 0.4) is 0 Å². The number of nitrogens with two attached hydrogens (primary N) is 1. The number of carbonyl (C=O) groups is 9. The van der Waals surface area contributed by atoms with Gasteiger partial charge in [0.25, 0.3) is 0 Å². The molecule has 76 heavy (non-hydrogen) atoms. The SMILES string of the molecule is CC[C@H](C)[C@H](NC(=O)[C@@H](NC(=O)[C@@H](NC(=O)[C@H](CC(C)C)NC(=O)[C@H](Cc1cnc[nH]1)NC(=O)[C@H](Cc1ccccc1)NC(=O)[C@@H]1CCCN1C(=O)[C@H](Cc1cnc[nH]1)NC(=O)OC(C)(C)C)C(C)C)C(C)C)C(N)=O. The van der Waals surface area contributed by atoms with Crippen LogP contribution in [-0.4, -0.2) is 139 Å². The molecule has 1 fully saturated rings. The number of rotatable bonds is 27. The third kappa shape index (κ3) is 18.8. The first kappa shape index (κ1) is 61.2. The van der Waals surface area contributed by atoms with Crippen LogP contribution in [0.4, 0.5) is 4.79 Å². The molecule has 0 bridgehead atoms. The smallest absolute Gasteiger partial charge is 0.408 e. The van der Waals surface area contributed by atoms with Crippen molar-refractivity contribution < 1.29 is 47.9 Å². The monoisotopic (exact) mass is 1060 g/mol. The summed E-state index contributed by atoms with van der Waals surface area (Å²) in [6.45, 7) is 19.5. The third-order valence-electron chi connectivity index (χ3n) is 13.0. The zero-order chi connectivity index (χ0) is 56.4. The van der Waals surface area contributed by atoms with Crippen LogP contribution in [0.2, 0.25) is 0 Å². The van der Waals surface area contributed by atoms with Gasteiger partial charge in [0.1, 0.15) is 53.9 Å². The number of nitrogens with zero attached hydrogens (tertiary/aromatic N) is 3. The third-order valence-corrected chi connectivity index (χ3v) is 13.0. The molecular weight excluding hydrogens is 979 g/mol. The van der Waals surface area contributed by atoms with Gasteiger partial charge in [-0.2, -0.15) is 0 Å². The van der Waals surface area contributed by atoms with Gasteiger partial charge < -0.3 is 62.6 Å². The summed E-state index contributed by atoms with van der Waals surface area (Å²) in [5.74, 6) is -6.71. The maximum Gasteiger partial charge on any atom is 0.408 e. The molecule has 0 spiro atoms. The molecule has 1 aliphatic heterocycles. The Hall–Kier alpha value is -7.33. The number of alkyl carbamates (subject to hydrolysis) is 1. The predicted octanol–water partition coefficient (Wildman–Crippen LogP) is 1.84. The molecule has 418 valence electrons. The van der Waals surface area contributed by atoms with Gasteiger partial charge in [0, 0.05) is 49.6 Å². The van der Waals surface area contributed by atoms with Crippen LogP contribution in [-0.2, 0) is 62.4 Å². The van der Waals surface area contributed by atoms with E-state index in [1.54, 1.807) is 85.7 Å². The molecule has 0 aliphatic carbocycles. The summed E-state index contributed by atoms with van der Waals surface area (Å²) in [6, 6.07) is -0.342. The lowest BCUT2D eigenvalue weighted by atomic mass is 9.96. The van der Waals surface area contributed by atoms with Crippen molar-refractivity contribution >= 4 is 53.4 Å². The lowest BCUT2D eigenvalue weighted by Gasteiger charge is -2.31. The van der Waals surface area contributed by atoms with Crippen LogP contribution < -0.4 is 43.0 Å². The molecule has 3 aromatic rings. The van der Waals surface area contributed by atoms with E-state index in [0.717, 1.165) is 0 Å². The minimum absolute atomic E-state index is 0.0138. The zero-order valence-electron chi connectivity index (χ0n) is 45.8. The van der Waals surface area contributed by atoms with Gasteiger partial charge in [-0.1, -0.05) is 92.1 Å². The lowest BCUT2D eigenvalue weighted by molar-refractivity contribution is -0.141. The van der Waals surface area contributed by atoms with Crippen LogP contribution in [0.1, 0.15) is 119 Å². The first-order valence-electron chi connectivity index (χ1n) is 26.2. The van der Waals surface area contributed by atoms with E-state index in [9.17, 15) is 43.2 Å². The maximum absolute atomic E-state index is 14.6. The number of aromatic amines is 2. The van der Waals surface area contributed by atoms with Gasteiger partial charge in [0.05, 0.1) is 12.7 Å². The number of ether oxygens (including phenoxy) is 1. The summed E-state index contributed by atoms with van der Waals surface area (Å²) in [5.41, 5.74) is 6.45. The molecule has 0 unspecified atom stereocenters. The van der Waals surface area contributed by atoms with Crippen LogP contribution in [0.25, 0.3) is 0 Å². The second kappa shape index (κ2) is 28.5. The molecule has 3 heterocycles. The number of H-pyrrole nitrogens is 2. The van der Waals surface area contributed by atoms with Gasteiger partial charge in [-0.3, -0.25) is 38.4 Å². The molecule has 1 aromatic carbocycles. The molecule has 1 aliphatic rings. The number of primary amides is 1. The maximum atomic E-state index is 14.6. The first-order valence-corrected chi connectivity index (χ1v) is 26.2. The molecule has 1 saturated heterocycles. The van der Waals surface area contributed by atoms with E-state index in [-0.39, 0.29) is 50.5 Å². The molecule has 4 rings (SSSR count). The Morgan fingerprint density at radius 2 is 1.16 bits per heavy atom. The van der Waals surface area contributed by atoms with Crippen molar-refractivity contribution in [3.05, 3.63) is 72.3 Å². The molecular formula is C53H81N13O10. The summed E-state index contributed by atoms with van der Waals surface area (Å²) in [4.78, 5) is 140. The zero-order valence-corrected chi connectivity index (χ0v) is 45.8. The summed E-state index contributed by atoms with van der Waals surface area (Å²) in [6.07, 6.45) is 6.31. The van der Waals surface area contributed by atoms with Gasteiger partial charge in [-0.25, -0.2) is 14.8 Å². The second-order valence-electron chi connectivity index (χ2n) is 21.7. The Balaban J connectivity index is 1.58. The van der Waals surface area contributed by atoms with Gasteiger partial charge >= 0.3 is 6.09 Å². The van der Waals surface area contributed by atoms with Crippen molar-refractivity contribution in [2.24, 2.45) is 29.4 Å². The Bertz CT molecular complexity index is 2410. The Morgan fingerprint density at radius 1 is 0.658 bits per heavy atom. The van der Waals surface area contributed by atoms with Crippen LogP contribution in [0, 0.1) is 23.7 Å². The summed E-state index contributed by atoms with van der Waals surface area (Å²) in [5, 5.41) is 19.3. The molecule has 23 heteroatoms. The molecule has 11 N–H and O–H groups in total. The van der Waals surface area contributed by atoms with Gasteiger partial charge in [0.15, 0.2) is 0 Å². The number of likely N-dealkylation sites (tertiary alicyclic amines) is 1. The standard InChI is InChI=1S/C53H81N13O10/c1-12-32(8)43(44(54)67)65-50(73)42(31(6)7)64-49(72)41(30(4)5)63-47(70)36(21-29(2)3)59-46(69)38(23-34-25-55-27-57-34)60-45(68)37(22-33-17-14-13-15-18-33)61-48(71)40-19-16-20-66(40)51(74)39(24-35-26-56-28-58-35)62-52(75)76-53(9,10)11/h13-15,17-18,25-32,36-43H,12,16,19-24H2,1-11H3,(H2,54,67)(H,55,57)(H,56,58)(H,59,69)(H,60,68)(H,61,71)(H,62,75)(H,63,70)(H,64,72)(H,65,73)/t32-,36-,37-,38-,39-,40-,41-,42-,43-/m0/s1. The van der Waals surface area contributed by atoms with Gasteiger partial charge in [0.2, 0.25) is 47.3 Å². The van der Waals surface area contributed by atoms with Crippen molar-refractivity contribution in [3.8, 4) is 0 Å². The average molecular weight is 1060 g/mol. The van der Waals surface area contributed by atoms with E-state index in [2.05, 4.69) is 57.2 Å². The summed E-state index contributed by atoms with van der Waals surface area (Å²) >= 11 is 0. The fourth-order valence-electron chi connectivity index (χ4n) is 8.71. The highest BCUT2D eigenvalue weighted by Crippen LogP contribution is 2.21. The fraction of sp³-hybridized carbons (Fsp3) is 0.604. The largest absolute Gasteiger partial charge is 0.444 e. The minimum Gasteiger partial charge on any atom is -0.444 e. The fourth-order valence-corrected chi connectivity index (χ4v) is 8.71. The van der Waals surface area contributed by atoms with E-state index in [1.807, 2.05) is 20.8 Å². The second-order valence-corrected chi connectivity index (χ2v) is 21.7. The predicted molar refractivity (Wildman–Crippen MR) is 282 cm³/mol. The van der Waals surface area contributed by atoms with Crippen molar-refractivity contribution in [2.75, 3.05) is 6.54 Å². The van der Waals surface area contributed by atoms with Crippen LogP contribution in [0.15, 0.2) is 55.4 Å². The number of carbonyl (C=O) groups excluding carboxylic acids is 9. The number of imidazole rings is 2. The Kier molecular flexibility index (Phi) is 23.0. The van der Waals surface area contributed by atoms with E-state index in [1.165, 1.54) is 29.9 Å². The summed E-state index contributed by atoms with van der Waals surface area (Å²) < 4.78 is 5.46. The quantitative estimate of drug-likeness (QED) is 0.0523. The Morgan fingerprint density at radius 3 is 1.64 bits per heavy atom. The molecule has 0 saturated carbocycles.